The molecule has 14 heavy (non-hydrogen) atoms. The van der Waals surface area contributed by atoms with E-state index in [4.69, 9.17) is 0 Å². The summed E-state index contributed by atoms with van der Waals surface area (Å²) in [6.45, 7) is 3.59. The highest BCUT2D eigenvalue weighted by molar-refractivity contribution is 5.20. The summed E-state index contributed by atoms with van der Waals surface area (Å²) in [6, 6.07) is 9.45. The fourth-order valence-corrected chi connectivity index (χ4v) is 1.50. The molecule has 3 atom stereocenters. The van der Waals surface area contributed by atoms with Crippen LogP contribution in [0.25, 0.3) is 0 Å². The maximum Gasteiger partial charge on any atom is 0.132 e. The normalized spacial score (nSPS) is 17.4. The third kappa shape index (κ3) is 2.55. The van der Waals surface area contributed by atoms with Crippen molar-refractivity contribution in [3.8, 4) is 0 Å². The molecule has 0 aliphatic rings. The lowest BCUT2D eigenvalue weighted by atomic mass is 9.92. The number of aliphatic hydroxyl groups is 1. The summed E-state index contributed by atoms with van der Waals surface area (Å²) in [5.41, 5.74) is 0.938. The summed E-state index contributed by atoms with van der Waals surface area (Å²) in [7, 11) is 0. The van der Waals surface area contributed by atoms with Crippen molar-refractivity contribution in [1.29, 1.82) is 0 Å². The maximum absolute atomic E-state index is 13.6. The molecule has 1 rings (SSSR count). The third-order valence-electron chi connectivity index (χ3n) is 2.59. The molecule has 1 N–H and O–H groups in total. The van der Waals surface area contributed by atoms with Gasteiger partial charge in [0, 0.05) is 5.92 Å². The summed E-state index contributed by atoms with van der Waals surface area (Å²) >= 11 is 0. The molecule has 0 aromatic heterocycles. The van der Waals surface area contributed by atoms with E-state index in [-0.39, 0.29) is 5.92 Å². The molecule has 0 amide bonds. The average molecular weight is 196 g/mol. The van der Waals surface area contributed by atoms with Crippen LogP contribution in [0.1, 0.15) is 31.7 Å². The minimum Gasteiger partial charge on any atom is -0.390 e. The van der Waals surface area contributed by atoms with Crippen LogP contribution in [0.5, 0.6) is 0 Å². The van der Waals surface area contributed by atoms with Crippen molar-refractivity contribution >= 4 is 0 Å². The van der Waals surface area contributed by atoms with Gasteiger partial charge >= 0.3 is 0 Å². The van der Waals surface area contributed by atoms with E-state index in [0.29, 0.717) is 6.42 Å². The van der Waals surface area contributed by atoms with Crippen molar-refractivity contribution in [2.45, 2.75) is 38.5 Å². The number of alkyl halides is 1. The first kappa shape index (κ1) is 11.2. The SMILES string of the molecule is CC[C@H](O)[C@@H](F)C(C)c1ccccc1. The van der Waals surface area contributed by atoms with Crippen LogP contribution in [0.15, 0.2) is 30.3 Å². The molecule has 0 saturated heterocycles. The highest BCUT2D eigenvalue weighted by Gasteiger charge is 2.24. The quantitative estimate of drug-likeness (QED) is 0.785. The second kappa shape index (κ2) is 5.11. The molecule has 1 aromatic carbocycles. The Labute approximate surface area is 84.6 Å². The van der Waals surface area contributed by atoms with E-state index in [1.54, 1.807) is 13.8 Å². The van der Waals surface area contributed by atoms with Crippen molar-refractivity contribution in [2.75, 3.05) is 0 Å². The molecule has 0 saturated carbocycles. The number of rotatable bonds is 4. The molecule has 1 aromatic rings. The van der Waals surface area contributed by atoms with Crippen molar-refractivity contribution in [2.24, 2.45) is 0 Å². The van der Waals surface area contributed by atoms with Crippen LogP contribution < -0.4 is 0 Å². The first-order valence-corrected chi connectivity index (χ1v) is 5.04. The molecular weight excluding hydrogens is 179 g/mol. The molecule has 0 aliphatic heterocycles. The first-order valence-electron chi connectivity index (χ1n) is 5.04. The van der Waals surface area contributed by atoms with E-state index < -0.39 is 12.3 Å². The molecule has 0 aliphatic carbocycles. The second-order valence-electron chi connectivity index (χ2n) is 3.62. The van der Waals surface area contributed by atoms with Gasteiger partial charge < -0.3 is 5.11 Å². The van der Waals surface area contributed by atoms with Gasteiger partial charge in [-0.3, -0.25) is 0 Å². The Morgan fingerprint density at radius 1 is 1.29 bits per heavy atom. The number of hydrogen-bond acceptors (Lipinski definition) is 1. The van der Waals surface area contributed by atoms with E-state index in [9.17, 15) is 9.50 Å². The minimum atomic E-state index is -1.18. The van der Waals surface area contributed by atoms with E-state index in [1.165, 1.54) is 0 Å². The predicted molar refractivity (Wildman–Crippen MR) is 56.1 cm³/mol. The Kier molecular flexibility index (Phi) is 4.08. The Morgan fingerprint density at radius 3 is 2.36 bits per heavy atom. The molecule has 0 heterocycles. The number of hydrogen-bond donors (Lipinski definition) is 1. The number of benzene rings is 1. The summed E-state index contributed by atoms with van der Waals surface area (Å²) in [4.78, 5) is 0. The zero-order chi connectivity index (χ0) is 10.6. The molecule has 0 spiro atoms. The Bertz CT molecular complexity index is 260. The van der Waals surface area contributed by atoms with Gasteiger partial charge in [-0.15, -0.1) is 0 Å². The lowest BCUT2D eigenvalue weighted by Gasteiger charge is -2.21. The van der Waals surface area contributed by atoms with Crippen molar-refractivity contribution in [3.05, 3.63) is 35.9 Å². The van der Waals surface area contributed by atoms with Crippen molar-refractivity contribution < 1.29 is 9.50 Å². The molecule has 0 radical (unpaired) electrons. The smallest absolute Gasteiger partial charge is 0.132 e. The summed E-state index contributed by atoms with van der Waals surface area (Å²) in [5.74, 6) is -0.244. The Hall–Kier alpha value is -0.890. The van der Waals surface area contributed by atoms with E-state index in [0.717, 1.165) is 5.56 Å². The van der Waals surface area contributed by atoms with Crippen LogP contribution in [0, 0.1) is 0 Å². The average Bonchev–Trinajstić information content (AvgIpc) is 2.27. The van der Waals surface area contributed by atoms with Gasteiger partial charge in [0.2, 0.25) is 0 Å². The fourth-order valence-electron chi connectivity index (χ4n) is 1.50. The van der Waals surface area contributed by atoms with Crippen LogP contribution in [0.3, 0.4) is 0 Å². The van der Waals surface area contributed by atoms with Crippen LogP contribution in [0.4, 0.5) is 4.39 Å². The second-order valence-corrected chi connectivity index (χ2v) is 3.62. The molecule has 78 valence electrons. The topological polar surface area (TPSA) is 20.2 Å². The molecular formula is C12H17FO. The molecule has 2 heteroatoms. The standard InChI is InChI=1S/C12H17FO/c1-3-11(14)12(13)9(2)10-7-5-4-6-8-10/h4-9,11-12,14H,3H2,1-2H3/t9?,11-,12-/m0/s1. The van der Waals surface area contributed by atoms with Gasteiger partial charge in [-0.1, -0.05) is 44.2 Å². The van der Waals surface area contributed by atoms with Gasteiger partial charge in [0.05, 0.1) is 6.10 Å². The van der Waals surface area contributed by atoms with Gasteiger partial charge in [0.15, 0.2) is 0 Å². The first-order chi connectivity index (χ1) is 6.66. The van der Waals surface area contributed by atoms with Crippen LogP contribution in [0.2, 0.25) is 0 Å². The highest BCUT2D eigenvalue weighted by atomic mass is 19.1. The van der Waals surface area contributed by atoms with Gasteiger partial charge in [-0.2, -0.15) is 0 Å². The van der Waals surface area contributed by atoms with E-state index >= 15 is 0 Å². The lowest BCUT2D eigenvalue weighted by molar-refractivity contribution is 0.0617. The lowest BCUT2D eigenvalue weighted by Crippen LogP contribution is -2.26. The molecule has 0 fully saturated rings. The minimum absolute atomic E-state index is 0.244. The van der Waals surface area contributed by atoms with Gasteiger partial charge in [0.1, 0.15) is 6.17 Å². The fraction of sp³-hybridized carbons (Fsp3) is 0.500. The highest BCUT2D eigenvalue weighted by Crippen LogP contribution is 2.24. The van der Waals surface area contributed by atoms with Crippen LogP contribution >= 0.6 is 0 Å². The largest absolute Gasteiger partial charge is 0.390 e. The Balaban J connectivity index is 2.70. The maximum atomic E-state index is 13.6. The van der Waals surface area contributed by atoms with Gasteiger partial charge in [0.25, 0.3) is 0 Å². The molecule has 1 unspecified atom stereocenters. The third-order valence-corrected chi connectivity index (χ3v) is 2.59. The molecule has 1 nitrogen and oxygen atoms in total. The summed E-state index contributed by atoms with van der Waals surface area (Å²) < 4.78 is 13.6. The van der Waals surface area contributed by atoms with Crippen molar-refractivity contribution in [1.82, 2.24) is 0 Å². The number of aliphatic hydroxyl groups excluding tert-OH is 1. The van der Waals surface area contributed by atoms with Gasteiger partial charge in [-0.25, -0.2) is 4.39 Å². The molecule has 0 bridgehead atoms. The zero-order valence-corrected chi connectivity index (χ0v) is 8.65. The van der Waals surface area contributed by atoms with Crippen molar-refractivity contribution in [3.63, 3.8) is 0 Å². The van der Waals surface area contributed by atoms with E-state index in [2.05, 4.69) is 0 Å². The van der Waals surface area contributed by atoms with Crippen LogP contribution in [-0.2, 0) is 0 Å². The Morgan fingerprint density at radius 2 is 1.86 bits per heavy atom. The predicted octanol–water partition coefficient (Wildman–Crippen LogP) is 2.90. The van der Waals surface area contributed by atoms with Crippen LogP contribution in [-0.4, -0.2) is 17.4 Å². The van der Waals surface area contributed by atoms with Gasteiger partial charge in [-0.05, 0) is 12.0 Å². The van der Waals surface area contributed by atoms with E-state index in [1.807, 2.05) is 30.3 Å². The monoisotopic (exact) mass is 196 g/mol. The summed E-state index contributed by atoms with van der Waals surface area (Å²) in [6.07, 6.45) is -1.58. The zero-order valence-electron chi connectivity index (χ0n) is 8.65. The summed E-state index contributed by atoms with van der Waals surface area (Å²) in [5, 5.41) is 9.38. The number of halogens is 1.